The molecule has 0 radical (unpaired) electrons. The number of carboxylic acid groups (broad SMARTS) is 1. The second-order valence-corrected chi connectivity index (χ2v) is 5.17. The molecule has 0 unspecified atom stereocenters. The number of nitrogens with zero attached hydrogens (tertiary/aromatic N) is 1. The van der Waals surface area contributed by atoms with Gasteiger partial charge in [0, 0.05) is 13.1 Å². The maximum absolute atomic E-state index is 10.8. The van der Waals surface area contributed by atoms with E-state index in [1.165, 1.54) is 11.3 Å². The fourth-order valence-electron chi connectivity index (χ4n) is 1.97. The quantitative estimate of drug-likeness (QED) is 0.861. The van der Waals surface area contributed by atoms with Crippen molar-refractivity contribution in [3.8, 4) is 0 Å². The molecule has 0 aromatic carbocycles. The maximum Gasteiger partial charge on any atom is 0.345 e. The maximum atomic E-state index is 10.8. The van der Waals surface area contributed by atoms with E-state index in [2.05, 4.69) is 4.90 Å². The van der Waals surface area contributed by atoms with Gasteiger partial charge in [-0.2, -0.15) is 0 Å². The molecule has 2 rings (SSSR count). The summed E-state index contributed by atoms with van der Waals surface area (Å²) >= 11 is 1.32. The largest absolute Gasteiger partial charge is 0.477 e. The lowest BCUT2D eigenvalue weighted by molar-refractivity contribution is -0.00500. The average molecular weight is 241 g/mol. The number of morpholine rings is 1. The molecule has 0 bridgehead atoms. The predicted molar refractivity (Wildman–Crippen MR) is 63.5 cm³/mol. The number of anilines is 1. The van der Waals surface area contributed by atoms with Crippen molar-refractivity contribution in [3.05, 3.63) is 17.0 Å². The van der Waals surface area contributed by atoms with Crippen molar-refractivity contribution in [1.82, 2.24) is 0 Å². The zero-order chi connectivity index (χ0) is 11.7. The molecule has 1 N–H and O–H groups in total. The summed E-state index contributed by atoms with van der Waals surface area (Å²) in [6.45, 7) is 5.72. The van der Waals surface area contributed by atoms with Crippen molar-refractivity contribution in [1.29, 1.82) is 0 Å². The monoisotopic (exact) mass is 241 g/mol. The topological polar surface area (TPSA) is 49.8 Å². The first kappa shape index (κ1) is 11.4. The van der Waals surface area contributed by atoms with Crippen molar-refractivity contribution in [3.63, 3.8) is 0 Å². The van der Waals surface area contributed by atoms with Gasteiger partial charge in [0.25, 0.3) is 0 Å². The van der Waals surface area contributed by atoms with Crippen molar-refractivity contribution in [2.45, 2.75) is 26.1 Å². The third kappa shape index (κ3) is 2.36. The molecule has 1 aromatic heterocycles. The molecule has 1 aliphatic heterocycles. The van der Waals surface area contributed by atoms with Gasteiger partial charge in [0.1, 0.15) is 4.88 Å². The van der Waals surface area contributed by atoms with E-state index in [0.717, 1.165) is 18.1 Å². The average Bonchev–Trinajstić information content (AvgIpc) is 2.64. The third-order valence-corrected chi connectivity index (χ3v) is 3.67. The van der Waals surface area contributed by atoms with Crippen LogP contribution in [-0.4, -0.2) is 36.4 Å². The summed E-state index contributed by atoms with van der Waals surface area (Å²) < 4.78 is 5.64. The smallest absolute Gasteiger partial charge is 0.345 e. The number of thiophene rings is 1. The first-order valence-corrected chi connectivity index (χ1v) is 6.11. The molecule has 0 aliphatic carbocycles. The van der Waals surface area contributed by atoms with Crippen molar-refractivity contribution >= 4 is 22.3 Å². The molecular weight excluding hydrogens is 226 g/mol. The zero-order valence-corrected chi connectivity index (χ0v) is 10.2. The molecule has 4 nitrogen and oxygen atoms in total. The number of ether oxygens (including phenoxy) is 1. The van der Waals surface area contributed by atoms with E-state index in [4.69, 9.17) is 9.84 Å². The molecule has 2 atom stereocenters. The Hall–Kier alpha value is -1.07. The van der Waals surface area contributed by atoms with Gasteiger partial charge in [-0.05, 0) is 26.0 Å². The van der Waals surface area contributed by atoms with Gasteiger partial charge in [0.05, 0.1) is 17.2 Å². The Morgan fingerprint density at radius 3 is 2.56 bits per heavy atom. The van der Waals surface area contributed by atoms with Gasteiger partial charge in [0.2, 0.25) is 0 Å². The molecule has 0 saturated carbocycles. The first-order valence-electron chi connectivity index (χ1n) is 5.30. The molecule has 1 saturated heterocycles. The van der Waals surface area contributed by atoms with E-state index in [1.807, 2.05) is 19.9 Å². The lowest BCUT2D eigenvalue weighted by Crippen LogP contribution is -2.45. The summed E-state index contributed by atoms with van der Waals surface area (Å²) in [6.07, 6.45) is 0.387. The predicted octanol–water partition coefficient (Wildman–Crippen LogP) is 2.06. The number of hydrogen-bond acceptors (Lipinski definition) is 4. The van der Waals surface area contributed by atoms with Crippen LogP contribution in [0.3, 0.4) is 0 Å². The lowest BCUT2D eigenvalue weighted by Gasteiger charge is -2.35. The Labute approximate surface area is 98.4 Å². The molecule has 1 fully saturated rings. The van der Waals surface area contributed by atoms with Crippen LogP contribution in [0, 0.1) is 0 Å². The molecular formula is C11H15NO3S. The molecule has 2 heterocycles. The van der Waals surface area contributed by atoms with Crippen LogP contribution in [0.5, 0.6) is 0 Å². The van der Waals surface area contributed by atoms with Crippen LogP contribution >= 0.6 is 11.3 Å². The molecule has 0 spiro atoms. The second-order valence-electron chi connectivity index (χ2n) is 4.11. The highest BCUT2D eigenvalue weighted by molar-refractivity contribution is 7.17. The number of carbonyl (C=O) groups is 1. The molecule has 1 aromatic rings. The molecule has 5 heteroatoms. The van der Waals surface area contributed by atoms with Crippen LogP contribution in [-0.2, 0) is 4.74 Å². The van der Waals surface area contributed by atoms with Gasteiger partial charge in [-0.25, -0.2) is 4.79 Å². The Bertz CT molecular complexity index is 380. The van der Waals surface area contributed by atoms with Gasteiger partial charge in [-0.15, -0.1) is 11.3 Å². The van der Waals surface area contributed by atoms with Crippen molar-refractivity contribution in [2.75, 3.05) is 18.0 Å². The minimum atomic E-state index is -0.856. The number of aromatic carboxylic acids is 1. The number of hydrogen-bond donors (Lipinski definition) is 1. The van der Waals surface area contributed by atoms with E-state index in [0.29, 0.717) is 4.88 Å². The lowest BCUT2D eigenvalue weighted by atomic mass is 10.2. The van der Waals surface area contributed by atoms with Crippen LogP contribution in [0.4, 0.5) is 5.00 Å². The Morgan fingerprint density at radius 1 is 1.44 bits per heavy atom. The van der Waals surface area contributed by atoms with E-state index in [1.54, 1.807) is 6.07 Å². The summed E-state index contributed by atoms with van der Waals surface area (Å²) in [5, 5.41) is 9.88. The first-order chi connectivity index (χ1) is 7.56. The SMILES string of the molecule is C[C@@H]1CN(c2ccc(C(=O)O)s2)C[C@H](C)O1. The highest BCUT2D eigenvalue weighted by Gasteiger charge is 2.23. The standard InChI is InChI=1S/C11H15NO3S/c1-7-5-12(6-8(2)15-7)10-4-3-9(16-10)11(13)14/h3-4,7-8H,5-6H2,1-2H3,(H,13,14)/t7-,8+. The van der Waals surface area contributed by atoms with E-state index in [-0.39, 0.29) is 12.2 Å². The van der Waals surface area contributed by atoms with E-state index in [9.17, 15) is 4.79 Å². The molecule has 1 aliphatic rings. The van der Waals surface area contributed by atoms with Crippen molar-refractivity contribution < 1.29 is 14.6 Å². The minimum absolute atomic E-state index is 0.194. The summed E-state index contributed by atoms with van der Waals surface area (Å²) in [4.78, 5) is 13.4. The van der Waals surface area contributed by atoms with Crippen molar-refractivity contribution in [2.24, 2.45) is 0 Å². The summed E-state index contributed by atoms with van der Waals surface area (Å²) in [7, 11) is 0. The highest BCUT2D eigenvalue weighted by atomic mass is 32.1. The highest BCUT2D eigenvalue weighted by Crippen LogP contribution is 2.28. The summed E-state index contributed by atoms with van der Waals surface area (Å²) in [6, 6.07) is 3.53. The Kier molecular flexibility index (Phi) is 3.16. The van der Waals surface area contributed by atoms with E-state index < -0.39 is 5.97 Å². The minimum Gasteiger partial charge on any atom is -0.477 e. The summed E-state index contributed by atoms with van der Waals surface area (Å²) in [5.41, 5.74) is 0. The number of rotatable bonds is 2. The molecule has 0 amide bonds. The van der Waals surface area contributed by atoms with Crippen LogP contribution in [0.1, 0.15) is 23.5 Å². The molecule has 16 heavy (non-hydrogen) atoms. The Morgan fingerprint density at radius 2 is 2.06 bits per heavy atom. The fraction of sp³-hybridized carbons (Fsp3) is 0.545. The van der Waals surface area contributed by atoms with Gasteiger partial charge in [-0.1, -0.05) is 0 Å². The van der Waals surface area contributed by atoms with Gasteiger partial charge in [0.15, 0.2) is 0 Å². The van der Waals surface area contributed by atoms with Crippen LogP contribution in [0.2, 0.25) is 0 Å². The third-order valence-electron chi connectivity index (χ3n) is 2.53. The van der Waals surface area contributed by atoms with Gasteiger partial charge >= 0.3 is 5.97 Å². The fourth-order valence-corrected chi connectivity index (χ4v) is 2.83. The van der Waals surface area contributed by atoms with E-state index >= 15 is 0 Å². The van der Waals surface area contributed by atoms with Crippen LogP contribution in [0.25, 0.3) is 0 Å². The second kappa shape index (κ2) is 4.43. The van der Waals surface area contributed by atoms with Gasteiger partial charge < -0.3 is 14.7 Å². The summed E-state index contributed by atoms with van der Waals surface area (Å²) in [5.74, 6) is -0.856. The normalized spacial score (nSPS) is 25.8. The van der Waals surface area contributed by atoms with Crippen LogP contribution < -0.4 is 4.90 Å². The van der Waals surface area contributed by atoms with Gasteiger partial charge in [-0.3, -0.25) is 0 Å². The zero-order valence-electron chi connectivity index (χ0n) is 9.34. The van der Waals surface area contributed by atoms with Crippen LogP contribution in [0.15, 0.2) is 12.1 Å². The Balaban J connectivity index is 2.13. The number of carboxylic acids is 1. The molecule has 88 valence electrons.